The van der Waals surface area contributed by atoms with E-state index in [2.05, 4.69) is 5.32 Å². The van der Waals surface area contributed by atoms with Gasteiger partial charge in [-0.05, 0) is 56.2 Å². The van der Waals surface area contributed by atoms with Gasteiger partial charge in [-0.15, -0.1) is 0 Å². The lowest BCUT2D eigenvalue weighted by Crippen LogP contribution is -2.40. The van der Waals surface area contributed by atoms with Crippen molar-refractivity contribution >= 4 is 44.8 Å². The zero-order chi connectivity index (χ0) is 21.6. The molecule has 2 rings (SSSR count). The van der Waals surface area contributed by atoms with Crippen LogP contribution in [0.3, 0.4) is 0 Å². The Morgan fingerprint density at radius 1 is 1.14 bits per heavy atom. The number of anilines is 1. The van der Waals surface area contributed by atoms with Gasteiger partial charge in [0.2, 0.25) is 5.91 Å². The largest absolute Gasteiger partial charge is 0.392 e. The molecule has 0 bridgehead atoms. The fourth-order valence-corrected chi connectivity index (χ4v) is 4.99. The zero-order valence-corrected chi connectivity index (χ0v) is 18.6. The number of carbonyl (C=O) groups is 1. The van der Waals surface area contributed by atoms with Crippen LogP contribution in [0.15, 0.2) is 47.4 Å². The normalized spacial score (nSPS) is 12.4. The van der Waals surface area contributed by atoms with Crippen LogP contribution >= 0.6 is 23.2 Å². The third kappa shape index (κ3) is 6.09. The molecule has 0 aliphatic heterocycles. The molecule has 2 N–H and O–H groups in total. The standard InChI is InChI=1S/C20H24Cl2N2O4S/c1-14(4-3-11-23-15(2)26)24(20-12-18(22)6-5-16(20)13-25)29(27,28)19-9-7-17(21)8-10-19/h5-10,12,14,25H,3-4,11,13H2,1-2H3,(H,23,26)/t14-/m1/s1. The van der Waals surface area contributed by atoms with Crippen molar-refractivity contribution < 1.29 is 18.3 Å². The molecule has 0 unspecified atom stereocenters. The number of rotatable bonds is 9. The molecule has 0 saturated heterocycles. The molecule has 0 aliphatic rings. The summed E-state index contributed by atoms with van der Waals surface area (Å²) in [6, 6.07) is 10.2. The summed E-state index contributed by atoms with van der Waals surface area (Å²) in [5, 5.41) is 13.3. The van der Waals surface area contributed by atoms with E-state index < -0.39 is 16.1 Å². The fraction of sp³-hybridized carbons (Fsp3) is 0.350. The van der Waals surface area contributed by atoms with Crippen molar-refractivity contribution in [1.82, 2.24) is 5.32 Å². The minimum absolute atomic E-state index is 0.0828. The predicted molar refractivity (Wildman–Crippen MR) is 116 cm³/mol. The Kier molecular flexibility index (Phi) is 8.34. The van der Waals surface area contributed by atoms with E-state index in [9.17, 15) is 18.3 Å². The molecule has 2 aromatic carbocycles. The van der Waals surface area contributed by atoms with E-state index in [0.29, 0.717) is 40.7 Å². The number of aliphatic hydroxyl groups excluding tert-OH is 1. The molecule has 29 heavy (non-hydrogen) atoms. The first-order chi connectivity index (χ1) is 13.7. The number of nitrogens with one attached hydrogen (secondary N) is 1. The van der Waals surface area contributed by atoms with E-state index in [1.54, 1.807) is 19.1 Å². The molecular weight excluding hydrogens is 435 g/mol. The first-order valence-corrected chi connectivity index (χ1v) is 11.3. The van der Waals surface area contributed by atoms with Crippen LogP contribution in [0, 0.1) is 0 Å². The highest BCUT2D eigenvalue weighted by atomic mass is 35.5. The van der Waals surface area contributed by atoms with Crippen molar-refractivity contribution in [3.05, 3.63) is 58.1 Å². The molecule has 1 atom stereocenters. The second-order valence-corrected chi connectivity index (χ2v) is 9.35. The Bertz CT molecular complexity index is 949. The molecular formula is C20H24Cl2N2O4S. The van der Waals surface area contributed by atoms with Gasteiger partial charge in [0.1, 0.15) is 0 Å². The fourth-order valence-electron chi connectivity index (χ4n) is 2.98. The Labute approximate surface area is 181 Å². The Morgan fingerprint density at radius 3 is 2.34 bits per heavy atom. The van der Waals surface area contributed by atoms with Gasteiger partial charge in [0.25, 0.3) is 10.0 Å². The van der Waals surface area contributed by atoms with E-state index in [1.165, 1.54) is 41.6 Å². The van der Waals surface area contributed by atoms with Crippen LogP contribution in [0.1, 0.15) is 32.3 Å². The summed E-state index contributed by atoms with van der Waals surface area (Å²) in [5.74, 6) is -0.138. The smallest absolute Gasteiger partial charge is 0.264 e. The van der Waals surface area contributed by atoms with Gasteiger partial charge in [-0.1, -0.05) is 29.3 Å². The number of hydrogen-bond donors (Lipinski definition) is 2. The quantitative estimate of drug-likeness (QED) is 0.556. The van der Waals surface area contributed by atoms with Crippen LogP contribution < -0.4 is 9.62 Å². The lowest BCUT2D eigenvalue weighted by atomic mass is 10.1. The number of benzene rings is 2. The van der Waals surface area contributed by atoms with E-state index in [1.807, 2.05) is 0 Å². The average Bonchev–Trinajstić information content (AvgIpc) is 2.65. The maximum absolute atomic E-state index is 13.5. The van der Waals surface area contributed by atoms with Crippen LogP contribution in [-0.2, 0) is 21.4 Å². The second-order valence-electron chi connectivity index (χ2n) is 6.66. The van der Waals surface area contributed by atoms with Gasteiger partial charge in [0, 0.05) is 35.1 Å². The maximum Gasteiger partial charge on any atom is 0.264 e. The summed E-state index contributed by atoms with van der Waals surface area (Å²) >= 11 is 12.0. The van der Waals surface area contributed by atoms with E-state index in [0.717, 1.165) is 0 Å². The number of nitrogens with zero attached hydrogens (tertiary/aromatic N) is 1. The molecule has 9 heteroatoms. The minimum atomic E-state index is -3.96. The van der Waals surface area contributed by atoms with Gasteiger partial charge >= 0.3 is 0 Å². The summed E-state index contributed by atoms with van der Waals surface area (Å²) in [4.78, 5) is 11.1. The van der Waals surface area contributed by atoms with Gasteiger partial charge in [0.05, 0.1) is 17.2 Å². The lowest BCUT2D eigenvalue weighted by molar-refractivity contribution is -0.118. The molecule has 2 aromatic rings. The summed E-state index contributed by atoms with van der Waals surface area (Å²) in [5.41, 5.74) is 0.766. The van der Waals surface area contributed by atoms with Crippen LogP contribution in [0.5, 0.6) is 0 Å². The summed E-state index contributed by atoms with van der Waals surface area (Å²) in [6.07, 6.45) is 1.08. The molecule has 0 radical (unpaired) electrons. The van der Waals surface area contributed by atoms with Gasteiger partial charge in [-0.2, -0.15) is 0 Å². The molecule has 1 amide bonds. The molecule has 0 spiro atoms. The van der Waals surface area contributed by atoms with Crippen LogP contribution in [0.2, 0.25) is 10.0 Å². The SMILES string of the molecule is CC(=O)NCCC[C@@H](C)N(c1cc(Cl)ccc1CO)S(=O)(=O)c1ccc(Cl)cc1. The zero-order valence-electron chi connectivity index (χ0n) is 16.2. The highest BCUT2D eigenvalue weighted by Crippen LogP contribution is 2.33. The van der Waals surface area contributed by atoms with Crippen LogP contribution in [0.4, 0.5) is 5.69 Å². The summed E-state index contributed by atoms with van der Waals surface area (Å²) in [6.45, 7) is 3.32. The Morgan fingerprint density at radius 2 is 1.76 bits per heavy atom. The molecule has 0 aromatic heterocycles. The Balaban J connectivity index is 2.46. The number of sulfonamides is 1. The number of hydrogen-bond acceptors (Lipinski definition) is 4. The van der Waals surface area contributed by atoms with Crippen LogP contribution in [0.25, 0.3) is 0 Å². The molecule has 6 nitrogen and oxygen atoms in total. The van der Waals surface area contributed by atoms with Gasteiger partial charge in [-0.25, -0.2) is 8.42 Å². The van der Waals surface area contributed by atoms with Crippen molar-refractivity contribution in [2.45, 2.75) is 44.2 Å². The third-order valence-electron chi connectivity index (χ3n) is 4.40. The highest BCUT2D eigenvalue weighted by molar-refractivity contribution is 7.92. The minimum Gasteiger partial charge on any atom is -0.392 e. The summed E-state index contributed by atoms with van der Waals surface area (Å²) in [7, 11) is -3.96. The van der Waals surface area contributed by atoms with E-state index in [-0.39, 0.29) is 17.4 Å². The van der Waals surface area contributed by atoms with Crippen LogP contribution in [-0.4, -0.2) is 32.0 Å². The van der Waals surface area contributed by atoms with Crippen molar-refractivity contribution in [2.24, 2.45) is 0 Å². The molecule has 0 aliphatic carbocycles. The van der Waals surface area contributed by atoms with Crippen molar-refractivity contribution in [2.75, 3.05) is 10.8 Å². The maximum atomic E-state index is 13.5. The van der Waals surface area contributed by atoms with Crippen molar-refractivity contribution in [1.29, 1.82) is 0 Å². The van der Waals surface area contributed by atoms with E-state index in [4.69, 9.17) is 23.2 Å². The van der Waals surface area contributed by atoms with Gasteiger partial charge in [-0.3, -0.25) is 9.10 Å². The number of amides is 1. The number of halogens is 2. The number of carbonyl (C=O) groups excluding carboxylic acids is 1. The predicted octanol–water partition coefficient (Wildman–Crippen LogP) is 3.99. The average molecular weight is 459 g/mol. The molecule has 0 saturated carbocycles. The van der Waals surface area contributed by atoms with Gasteiger partial charge in [0.15, 0.2) is 0 Å². The number of aliphatic hydroxyl groups is 1. The van der Waals surface area contributed by atoms with Gasteiger partial charge < -0.3 is 10.4 Å². The Hall–Kier alpha value is -1.80. The highest BCUT2D eigenvalue weighted by Gasteiger charge is 2.31. The first-order valence-electron chi connectivity index (χ1n) is 9.10. The first kappa shape index (κ1) is 23.5. The lowest BCUT2D eigenvalue weighted by Gasteiger charge is -2.32. The molecule has 158 valence electrons. The van der Waals surface area contributed by atoms with Crippen molar-refractivity contribution in [3.63, 3.8) is 0 Å². The molecule has 0 heterocycles. The van der Waals surface area contributed by atoms with E-state index >= 15 is 0 Å². The molecule has 0 fully saturated rings. The topological polar surface area (TPSA) is 86.7 Å². The summed E-state index contributed by atoms with van der Waals surface area (Å²) < 4.78 is 28.3. The third-order valence-corrected chi connectivity index (χ3v) is 6.83. The monoisotopic (exact) mass is 458 g/mol. The second kappa shape index (κ2) is 10.3. The van der Waals surface area contributed by atoms with Crippen molar-refractivity contribution in [3.8, 4) is 0 Å².